The van der Waals surface area contributed by atoms with E-state index in [0.29, 0.717) is 49.4 Å². The van der Waals surface area contributed by atoms with Gasteiger partial charge >= 0.3 is 6.09 Å². The Morgan fingerprint density at radius 2 is 2.00 bits per heavy atom. The first kappa shape index (κ1) is 25.0. The minimum absolute atomic E-state index is 0.146. The average molecular weight is 503 g/mol. The number of allylic oxidation sites excluding steroid dienone is 1. The van der Waals surface area contributed by atoms with Crippen LogP contribution in [-0.4, -0.2) is 52.9 Å². The highest BCUT2D eigenvalue weighted by Gasteiger charge is 2.60. The molecule has 35 heavy (non-hydrogen) atoms. The molecule has 1 saturated heterocycles. The monoisotopic (exact) mass is 502 g/mol. The highest BCUT2D eigenvalue weighted by atomic mass is 35.5. The van der Waals surface area contributed by atoms with E-state index in [9.17, 15) is 19.2 Å². The number of nitrogens with one attached hydrogen (secondary N) is 2. The van der Waals surface area contributed by atoms with Crippen molar-refractivity contribution in [2.24, 2.45) is 11.7 Å². The number of hydrogen-bond donors (Lipinski definition) is 3. The predicted molar refractivity (Wildman–Crippen MR) is 130 cm³/mol. The van der Waals surface area contributed by atoms with Crippen molar-refractivity contribution >= 4 is 41.1 Å². The molecule has 1 aliphatic carbocycles. The molecule has 9 nitrogen and oxygen atoms in total. The molecule has 4 atom stereocenters. The van der Waals surface area contributed by atoms with E-state index < -0.39 is 29.7 Å². The maximum atomic E-state index is 13.4. The first-order valence-corrected chi connectivity index (χ1v) is 12.5. The Hall–Kier alpha value is -3.07. The van der Waals surface area contributed by atoms with Crippen molar-refractivity contribution in [3.63, 3.8) is 0 Å². The molecule has 2 heterocycles. The molecule has 10 heteroatoms. The van der Waals surface area contributed by atoms with Crippen molar-refractivity contribution in [2.45, 2.75) is 69.1 Å². The van der Waals surface area contributed by atoms with Crippen molar-refractivity contribution < 1.29 is 23.9 Å². The van der Waals surface area contributed by atoms with Crippen LogP contribution in [0.3, 0.4) is 0 Å². The van der Waals surface area contributed by atoms with Crippen LogP contribution in [-0.2, 0) is 19.1 Å². The van der Waals surface area contributed by atoms with Gasteiger partial charge in [0.25, 0.3) is 11.8 Å². The predicted octanol–water partition coefficient (Wildman–Crippen LogP) is 3.13. The maximum absolute atomic E-state index is 13.4. The number of hydrogen-bond acceptors (Lipinski definition) is 5. The molecule has 1 aromatic rings. The smallest absolute Gasteiger partial charge is 0.405 e. The number of nitrogens with zero attached hydrogens (tertiary/aromatic N) is 1. The Kier molecular flexibility index (Phi) is 7.64. The maximum Gasteiger partial charge on any atom is 0.405 e. The molecule has 0 aromatic heterocycles. The lowest BCUT2D eigenvalue weighted by Crippen LogP contribution is -2.55. The fourth-order valence-electron chi connectivity index (χ4n) is 4.98. The Labute approximate surface area is 209 Å². The third kappa shape index (κ3) is 5.78. The average Bonchev–Trinajstić information content (AvgIpc) is 3.27. The summed E-state index contributed by atoms with van der Waals surface area (Å²) in [4.78, 5) is 52.9. The van der Waals surface area contributed by atoms with E-state index >= 15 is 0 Å². The fraction of sp³-hybridized carbons (Fsp3) is 0.520. The number of primary amides is 1. The van der Waals surface area contributed by atoms with E-state index in [1.54, 1.807) is 24.3 Å². The molecule has 1 saturated carbocycles. The van der Waals surface area contributed by atoms with E-state index in [4.69, 9.17) is 22.1 Å². The van der Waals surface area contributed by atoms with E-state index in [-0.39, 0.29) is 17.7 Å². The van der Waals surface area contributed by atoms with E-state index in [1.165, 1.54) is 4.90 Å². The first-order chi connectivity index (χ1) is 16.8. The van der Waals surface area contributed by atoms with Gasteiger partial charge in [-0.15, -0.1) is 0 Å². The van der Waals surface area contributed by atoms with Gasteiger partial charge in [-0.05, 0) is 63.1 Å². The van der Waals surface area contributed by atoms with Crippen LogP contribution < -0.4 is 16.4 Å². The third-order valence-electron chi connectivity index (χ3n) is 6.93. The zero-order valence-electron chi connectivity index (χ0n) is 19.5. The molecular weight excluding hydrogens is 472 g/mol. The molecule has 3 aliphatic rings. The second-order valence-corrected chi connectivity index (χ2v) is 9.85. The van der Waals surface area contributed by atoms with Gasteiger partial charge in [0.05, 0.1) is 0 Å². The molecule has 4 unspecified atom stereocenters. The fourth-order valence-corrected chi connectivity index (χ4v) is 5.17. The second kappa shape index (κ2) is 10.7. The number of halogens is 1. The van der Waals surface area contributed by atoms with Crippen molar-refractivity contribution in [3.8, 4) is 0 Å². The molecule has 0 spiro atoms. The lowest BCUT2D eigenvalue weighted by atomic mass is 10.1. The third-order valence-corrected chi connectivity index (χ3v) is 7.16. The van der Waals surface area contributed by atoms with E-state index in [1.807, 2.05) is 12.2 Å². The van der Waals surface area contributed by atoms with Crippen LogP contribution in [0.5, 0.6) is 0 Å². The zero-order valence-corrected chi connectivity index (χ0v) is 20.3. The molecule has 0 bridgehead atoms. The number of fused-ring (bicyclic) bond motifs is 2. The van der Waals surface area contributed by atoms with Crippen LogP contribution in [0, 0.1) is 5.92 Å². The van der Waals surface area contributed by atoms with Crippen molar-refractivity contribution in [1.29, 1.82) is 0 Å². The van der Waals surface area contributed by atoms with Crippen molar-refractivity contribution in [3.05, 3.63) is 41.4 Å². The van der Waals surface area contributed by atoms with Crippen LogP contribution in [0.25, 0.3) is 0 Å². The summed E-state index contributed by atoms with van der Waals surface area (Å²) < 4.78 is 5.12. The van der Waals surface area contributed by atoms with Gasteiger partial charge in [0.15, 0.2) is 6.10 Å². The summed E-state index contributed by atoms with van der Waals surface area (Å²) in [6.07, 6.45) is 7.16. The van der Waals surface area contributed by atoms with Gasteiger partial charge in [-0.1, -0.05) is 36.2 Å². The zero-order chi connectivity index (χ0) is 25.0. The lowest BCUT2D eigenvalue weighted by Gasteiger charge is -2.29. The Morgan fingerprint density at radius 3 is 2.77 bits per heavy atom. The molecule has 0 radical (unpaired) electrons. The molecule has 1 aromatic carbocycles. The summed E-state index contributed by atoms with van der Waals surface area (Å²) >= 11 is 6.05. The molecule has 2 fully saturated rings. The van der Waals surface area contributed by atoms with E-state index in [2.05, 4.69) is 10.6 Å². The number of amides is 4. The number of nitrogens with two attached hydrogens (primary N) is 1. The normalized spacial score (nSPS) is 30.1. The van der Waals surface area contributed by atoms with Crippen molar-refractivity contribution in [1.82, 2.24) is 10.2 Å². The number of carbonyl (C=O) groups excluding carboxylic acids is 4. The van der Waals surface area contributed by atoms with Gasteiger partial charge in [0, 0.05) is 23.2 Å². The summed E-state index contributed by atoms with van der Waals surface area (Å²) in [6.45, 7) is 0.376. The van der Waals surface area contributed by atoms with Gasteiger partial charge in [0.1, 0.15) is 11.6 Å². The number of ether oxygens (including phenoxy) is 1. The van der Waals surface area contributed by atoms with Gasteiger partial charge < -0.3 is 26.0 Å². The summed E-state index contributed by atoms with van der Waals surface area (Å²) in [5.41, 5.74) is 4.65. The number of benzene rings is 1. The molecule has 4 amide bonds. The topological polar surface area (TPSA) is 131 Å². The highest BCUT2D eigenvalue weighted by molar-refractivity contribution is 6.31. The summed E-state index contributed by atoms with van der Waals surface area (Å²) in [6, 6.07) is 6.09. The molecule has 4 rings (SSSR count). The van der Waals surface area contributed by atoms with Gasteiger partial charge in [-0.25, -0.2) is 4.79 Å². The summed E-state index contributed by atoms with van der Waals surface area (Å²) in [5, 5.41) is 6.32. The summed E-state index contributed by atoms with van der Waals surface area (Å²) in [5.74, 6) is -1.27. The Bertz CT molecular complexity index is 1030. The summed E-state index contributed by atoms with van der Waals surface area (Å²) in [7, 11) is 0. The minimum atomic E-state index is -1.10. The largest absolute Gasteiger partial charge is 0.436 e. The van der Waals surface area contributed by atoms with Crippen LogP contribution in [0.4, 0.5) is 10.5 Å². The molecular formula is C25H31ClN4O5. The number of carbonyl (C=O) groups is 4. The second-order valence-electron chi connectivity index (χ2n) is 9.42. The van der Waals surface area contributed by atoms with Crippen LogP contribution >= 0.6 is 11.6 Å². The van der Waals surface area contributed by atoms with Gasteiger partial charge in [0.2, 0.25) is 5.91 Å². The molecule has 188 valence electrons. The molecule has 2 aliphatic heterocycles. The van der Waals surface area contributed by atoms with Gasteiger partial charge in [-0.2, -0.15) is 0 Å². The van der Waals surface area contributed by atoms with Crippen molar-refractivity contribution in [2.75, 3.05) is 11.9 Å². The quantitative estimate of drug-likeness (QED) is 0.546. The van der Waals surface area contributed by atoms with Crippen LogP contribution in [0.1, 0.15) is 51.4 Å². The standard InChI is InChI=1S/C25H31ClN4O5/c26-17-9-6-10-18(14-17)28-23(33)25-15-16(25)8-4-2-1-3-5-12-20(35-24(27)34)22(32)30-13-7-11-19(30)21(31)29-25/h4,6,8-10,14,16,19-20H,1-3,5,7,11-13,15H2,(H2,27,34)(H,28,33)(H,29,31)/b8-4+. The SMILES string of the molecule is NC(=O)OC1CCCCC/C=C/C2CC2(C(=O)Nc2cccc(Cl)c2)NC(=O)C2CCCN2C1=O. The Balaban J connectivity index is 1.57. The first-order valence-electron chi connectivity index (χ1n) is 12.1. The van der Waals surface area contributed by atoms with Crippen LogP contribution in [0.15, 0.2) is 36.4 Å². The number of anilines is 1. The lowest BCUT2D eigenvalue weighted by molar-refractivity contribution is -0.146. The van der Waals surface area contributed by atoms with E-state index in [0.717, 1.165) is 19.3 Å². The molecule has 4 N–H and O–H groups in total. The Morgan fingerprint density at radius 1 is 1.17 bits per heavy atom. The van der Waals surface area contributed by atoms with Gasteiger partial charge in [-0.3, -0.25) is 14.4 Å². The number of rotatable bonds is 3. The highest BCUT2D eigenvalue weighted by Crippen LogP contribution is 2.46. The minimum Gasteiger partial charge on any atom is -0.436 e. The van der Waals surface area contributed by atoms with Crippen LogP contribution in [0.2, 0.25) is 5.02 Å².